The topological polar surface area (TPSA) is 58.5 Å². The second-order valence-corrected chi connectivity index (χ2v) is 6.25. The number of aryl methyl sites for hydroxylation is 1. The number of aliphatic hydroxyl groups is 1. The van der Waals surface area contributed by atoms with E-state index in [0.29, 0.717) is 12.6 Å². The Morgan fingerprint density at radius 1 is 1.33 bits per heavy atom. The molecule has 3 rings (SSSR count). The van der Waals surface area contributed by atoms with Gasteiger partial charge in [0.05, 0.1) is 30.6 Å². The number of nitrogens with zero attached hydrogens (tertiary/aromatic N) is 3. The van der Waals surface area contributed by atoms with Gasteiger partial charge in [0.25, 0.3) is 0 Å². The van der Waals surface area contributed by atoms with Crippen molar-refractivity contribution in [3.63, 3.8) is 0 Å². The Balaban J connectivity index is 1.77. The van der Waals surface area contributed by atoms with E-state index in [4.69, 9.17) is 4.74 Å². The number of ether oxygens (including phenoxy) is 1. The molecule has 0 unspecified atom stereocenters. The number of rotatable bonds is 6. The Bertz CT molecular complexity index is 690. The summed E-state index contributed by atoms with van der Waals surface area (Å²) in [6, 6.07) is 6.41. The number of aliphatic hydroxyl groups excluding tert-OH is 1. The lowest BCUT2D eigenvalue weighted by Crippen LogP contribution is -2.23. The van der Waals surface area contributed by atoms with E-state index in [1.54, 1.807) is 6.20 Å². The Labute approximate surface area is 143 Å². The maximum Gasteiger partial charge on any atom is 0.124 e. The van der Waals surface area contributed by atoms with Crippen LogP contribution in [0, 0.1) is 6.92 Å². The van der Waals surface area contributed by atoms with Crippen molar-refractivity contribution in [3.05, 3.63) is 53.1 Å². The highest BCUT2D eigenvalue weighted by Gasteiger charge is 2.27. The summed E-state index contributed by atoms with van der Waals surface area (Å²) in [6.45, 7) is 6.44. The predicted octanol–water partition coefficient (Wildman–Crippen LogP) is 3.01. The fourth-order valence-electron chi connectivity index (χ4n) is 3.38. The average molecular weight is 327 g/mol. The molecule has 0 radical (unpaired) electrons. The second kappa shape index (κ2) is 7.73. The number of aromatic nitrogens is 2. The van der Waals surface area contributed by atoms with Gasteiger partial charge in [-0.2, -0.15) is 0 Å². The smallest absolute Gasteiger partial charge is 0.124 e. The molecular formula is C19H25N3O2. The predicted molar refractivity (Wildman–Crippen MR) is 92.7 cm³/mol. The van der Waals surface area contributed by atoms with E-state index in [1.165, 1.54) is 12.0 Å². The molecule has 2 heterocycles. The van der Waals surface area contributed by atoms with E-state index in [1.807, 2.05) is 32.2 Å². The fourth-order valence-corrected chi connectivity index (χ4v) is 3.38. The number of likely N-dealkylation sites (tertiary alicyclic amines) is 1. The molecule has 5 heteroatoms. The van der Waals surface area contributed by atoms with Gasteiger partial charge < -0.3 is 9.84 Å². The SMILES string of the molecule is CCOc1ccc(CN2CCC[C@@H]2c2cncc(C)n2)cc1CO. The van der Waals surface area contributed by atoms with E-state index in [0.717, 1.165) is 42.2 Å². The van der Waals surface area contributed by atoms with Crippen molar-refractivity contribution in [1.82, 2.24) is 14.9 Å². The van der Waals surface area contributed by atoms with Gasteiger partial charge in [0.1, 0.15) is 5.75 Å². The van der Waals surface area contributed by atoms with Crippen LogP contribution in [0.3, 0.4) is 0 Å². The van der Waals surface area contributed by atoms with Crippen molar-refractivity contribution in [3.8, 4) is 5.75 Å². The lowest BCUT2D eigenvalue weighted by atomic mass is 10.1. The first kappa shape index (κ1) is 16.9. The van der Waals surface area contributed by atoms with Crippen LogP contribution in [-0.4, -0.2) is 33.1 Å². The minimum atomic E-state index is -0.00401. The Morgan fingerprint density at radius 3 is 2.96 bits per heavy atom. The molecule has 1 atom stereocenters. The minimum absolute atomic E-state index is 0.00401. The molecule has 1 saturated heterocycles. The minimum Gasteiger partial charge on any atom is -0.494 e. The number of benzene rings is 1. The molecule has 5 nitrogen and oxygen atoms in total. The van der Waals surface area contributed by atoms with Crippen LogP contribution in [0.15, 0.2) is 30.6 Å². The summed E-state index contributed by atoms with van der Waals surface area (Å²) in [7, 11) is 0. The van der Waals surface area contributed by atoms with Gasteiger partial charge in [0.2, 0.25) is 0 Å². The van der Waals surface area contributed by atoms with Crippen LogP contribution in [0.25, 0.3) is 0 Å². The maximum absolute atomic E-state index is 9.58. The van der Waals surface area contributed by atoms with Gasteiger partial charge in [0.15, 0.2) is 0 Å². The zero-order valence-corrected chi connectivity index (χ0v) is 14.4. The van der Waals surface area contributed by atoms with Gasteiger partial charge in [-0.3, -0.25) is 14.9 Å². The molecule has 1 aliphatic rings. The quantitative estimate of drug-likeness (QED) is 0.884. The van der Waals surface area contributed by atoms with Crippen LogP contribution >= 0.6 is 0 Å². The lowest BCUT2D eigenvalue weighted by molar-refractivity contribution is 0.242. The third-order valence-corrected chi connectivity index (χ3v) is 4.46. The molecule has 0 spiro atoms. The zero-order chi connectivity index (χ0) is 16.9. The van der Waals surface area contributed by atoms with Crippen LogP contribution < -0.4 is 4.74 Å². The molecule has 1 aromatic heterocycles. The van der Waals surface area contributed by atoms with E-state index < -0.39 is 0 Å². The molecule has 1 aliphatic heterocycles. The van der Waals surface area contributed by atoms with Gasteiger partial charge in [-0.25, -0.2) is 0 Å². The molecule has 0 amide bonds. The highest BCUT2D eigenvalue weighted by atomic mass is 16.5. The first-order chi connectivity index (χ1) is 11.7. The van der Waals surface area contributed by atoms with E-state index in [-0.39, 0.29) is 6.61 Å². The maximum atomic E-state index is 9.58. The van der Waals surface area contributed by atoms with Gasteiger partial charge in [-0.1, -0.05) is 6.07 Å². The zero-order valence-electron chi connectivity index (χ0n) is 14.4. The molecule has 0 bridgehead atoms. The van der Waals surface area contributed by atoms with Crippen molar-refractivity contribution in [2.75, 3.05) is 13.2 Å². The van der Waals surface area contributed by atoms with Gasteiger partial charge in [0, 0.05) is 24.5 Å². The molecule has 1 aromatic carbocycles. The first-order valence-electron chi connectivity index (χ1n) is 8.59. The molecule has 1 fully saturated rings. The van der Waals surface area contributed by atoms with Crippen molar-refractivity contribution in [2.24, 2.45) is 0 Å². The first-order valence-corrected chi connectivity index (χ1v) is 8.59. The third kappa shape index (κ3) is 3.74. The second-order valence-electron chi connectivity index (χ2n) is 6.25. The van der Waals surface area contributed by atoms with E-state index in [2.05, 4.69) is 20.9 Å². The number of hydrogen-bond donors (Lipinski definition) is 1. The largest absolute Gasteiger partial charge is 0.494 e. The van der Waals surface area contributed by atoms with Crippen LogP contribution in [0.2, 0.25) is 0 Å². The Morgan fingerprint density at radius 2 is 2.21 bits per heavy atom. The van der Waals surface area contributed by atoms with Crippen molar-refractivity contribution >= 4 is 0 Å². The molecule has 24 heavy (non-hydrogen) atoms. The van der Waals surface area contributed by atoms with Crippen molar-refractivity contribution < 1.29 is 9.84 Å². The van der Waals surface area contributed by atoms with Crippen LogP contribution in [-0.2, 0) is 13.2 Å². The Kier molecular flexibility index (Phi) is 5.43. The summed E-state index contributed by atoms with van der Waals surface area (Å²) in [5, 5.41) is 9.58. The van der Waals surface area contributed by atoms with Crippen molar-refractivity contribution in [1.29, 1.82) is 0 Å². The highest BCUT2D eigenvalue weighted by molar-refractivity contribution is 5.37. The summed E-state index contributed by atoms with van der Waals surface area (Å²) >= 11 is 0. The molecule has 0 aliphatic carbocycles. The molecule has 0 saturated carbocycles. The molecule has 2 aromatic rings. The van der Waals surface area contributed by atoms with Gasteiger partial charge in [-0.15, -0.1) is 0 Å². The van der Waals surface area contributed by atoms with Gasteiger partial charge in [-0.05, 0) is 50.9 Å². The van der Waals surface area contributed by atoms with Crippen LogP contribution in [0.4, 0.5) is 0 Å². The number of hydrogen-bond acceptors (Lipinski definition) is 5. The van der Waals surface area contributed by atoms with E-state index in [9.17, 15) is 5.11 Å². The molecule has 1 N–H and O–H groups in total. The summed E-state index contributed by atoms with van der Waals surface area (Å²) < 4.78 is 5.56. The standard InChI is InChI=1S/C19H25N3O2/c1-3-24-19-7-6-15(9-16(19)13-23)12-22-8-4-5-18(22)17-11-20-10-14(2)21-17/h6-7,9-11,18,23H,3-5,8,12-13H2,1-2H3/t18-/m1/s1. The van der Waals surface area contributed by atoms with Crippen LogP contribution in [0.5, 0.6) is 5.75 Å². The lowest BCUT2D eigenvalue weighted by Gasteiger charge is -2.24. The average Bonchev–Trinajstić information content (AvgIpc) is 3.04. The molecular weight excluding hydrogens is 302 g/mol. The van der Waals surface area contributed by atoms with Gasteiger partial charge >= 0.3 is 0 Å². The Hall–Kier alpha value is -1.98. The van der Waals surface area contributed by atoms with E-state index >= 15 is 0 Å². The fraction of sp³-hybridized carbons (Fsp3) is 0.474. The normalized spacial score (nSPS) is 18.0. The monoisotopic (exact) mass is 327 g/mol. The summed E-state index contributed by atoms with van der Waals surface area (Å²) in [5.41, 5.74) is 4.05. The van der Waals surface area contributed by atoms with Crippen LogP contribution in [0.1, 0.15) is 48.3 Å². The third-order valence-electron chi connectivity index (χ3n) is 4.46. The molecule has 128 valence electrons. The summed E-state index contributed by atoms with van der Waals surface area (Å²) in [5.74, 6) is 0.770. The van der Waals surface area contributed by atoms with Crippen molar-refractivity contribution in [2.45, 2.75) is 45.9 Å². The summed E-state index contributed by atoms with van der Waals surface area (Å²) in [6.07, 6.45) is 5.96. The summed E-state index contributed by atoms with van der Waals surface area (Å²) in [4.78, 5) is 11.4. The highest BCUT2D eigenvalue weighted by Crippen LogP contribution is 2.32.